The van der Waals surface area contributed by atoms with E-state index in [1.54, 1.807) is 0 Å². The van der Waals surface area contributed by atoms with Crippen molar-refractivity contribution in [2.24, 2.45) is 9.98 Å². The van der Waals surface area contributed by atoms with Crippen LogP contribution in [0.2, 0.25) is 12.1 Å². The summed E-state index contributed by atoms with van der Waals surface area (Å²) < 4.78 is 33.9. The van der Waals surface area contributed by atoms with E-state index < -0.39 is 17.6 Å². The molecule has 0 unspecified atom stereocenters. The Morgan fingerprint density at radius 2 is 0.781 bits per heavy atom. The Balaban J connectivity index is 0. The lowest BCUT2D eigenvalue weighted by atomic mass is 10.5. The second kappa shape index (κ2) is 23.1. The molecule has 0 aromatic rings. The van der Waals surface area contributed by atoms with Gasteiger partial charge in [0.1, 0.15) is 0 Å². The van der Waals surface area contributed by atoms with Gasteiger partial charge in [0.05, 0.1) is 13.1 Å². The molecule has 0 spiro atoms. The molecule has 12 heteroatoms. The summed E-state index contributed by atoms with van der Waals surface area (Å²) in [5, 5.41) is 0. The lowest BCUT2D eigenvalue weighted by Crippen LogP contribution is -2.46. The van der Waals surface area contributed by atoms with Crippen molar-refractivity contribution in [3.05, 3.63) is 0 Å². The SMILES string of the molecule is CCO[Si](CCCN=C=O)(OCC)OCC.CCO[Si](CCCN=C=O)(OCC)OCC. The van der Waals surface area contributed by atoms with Gasteiger partial charge >= 0.3 is 17.6 Å². The molecule has 0 aromatic carbocycles. The molecule has 0 aliphatic heterocycles. The van der Waals surface area contributed by atoms with Crippen LogP contribution in [0, 0.1) is 0 Å². The molecule has 32 heavy (non-hydrogen) atoms. The zero-order valence-electron chi connectivity index (χ0n) is 20.6. The number of isocyanates is 2. The molecule has 10 nitrogen and oxygen atoms in total. The van der Waals surface area contributed by atoms with Crippen LogP contribution in [0.15, 0.2) is 9.98 Å². The molecular formula is C20H42N2O8Si2. The number of hydrogen-bond donors (Lipinski definition) is 0. The molecule has 0 bridgehead atoms. The number of nitrogens with zero attached hydrogens (tertiary/aromatic N) is 2. The molecule has 0 fully saturated rings. The van der Waals surface area contributed by atoms with Gasteiger partial charge in [-0.3, -0.25) is 0 Å². The summed E-state index contributed by atoms with van der Waals surface area (Å²) in [6.45, 7) is 15.9. The van der Waals surface area contributed by atoms with E-state index in [2.05, 4.69) is 9.98 Å². The Morgan fingerprint density at radius 3 is 0.969 bits per heavy atom. The fourth-order valence-corrected chi connectivity index (χ4v) is 8.03. The van der Waals surface area contributed by atoms with Gasteiger partial charge in [-0.25, -0.2) is 19.6 Å². The first-order valence-corrected chi connectivity index (χ1v) is 15.3. The normalized spacial score (nSPS) is 11.2. The zero-order valence-corrected chi connectivity index (χ0v) is 22.6. The van der Waals surface area contributed by atoms with Gasteiger partial charge in [-0.15, -0.1) is 0 Å². The van der Waals surface area contributed by atoms with E-state index in [0.29, 0.717) is 64.8 Å². The monoisotopic (exact) mass is 494 g/mol. The summed E-state index contributed by atoms with van der Waals surface area (Å²) in [6, 6.07) is 1.38. The van der Waals surface area contributed by atoms with E-state index in [-0.39, 0.29) is 0 Å². The molecule has 0 saturated carbocycles. The minimum Gasteiger partial charge on any atom is -0.374 e. The van der Waals surface area contributed by atoms with Crippen LogP contribution < -0.4 is 0 Å². The quantitative estimate of drug-likeness (QED) is 0.109. The van der Waals surface area contributed by atoms with Gasteiger partial charge in [-0.2, -0.15) is 0 Å². The minimum absolute atomic E-state index is 0.450. The Kier molecular flexibility index (Phi) is 23.9. The number of aliphatic imine (C=N–C) groups is 2. The van der Waals surface area contributed by atoms with Crippen molar-refractivity contribution in [3.8, 4) is 0 Å². The minimum atomic E-state index is -2.54. The Hall–Kier alpha value is -1.05. The average molecular weight is 495 g/mol. The van der Waals surface area contributed by atoms with Gasteiger partial charge < -0.3 is 26.6 Å². The molecule has 0 aliphatic rings. The van der Waals surface area contributed by atoms with Crippen LogP contribution >= 0.6 is 0 Å². The third-order valence-corrected chi connectivity index (χ3v) is 10.1. The van der Waals surface area contributed by atoms with Gasteiger partial charge in [0, 0.05) is 51.7 Å². The fraction of sp³-hybridized carbons (Fsp3) is 0.900. The van der Waals surface area contributed by atoms with E-state index >= 15 is 0 Å². The highest BCUT2D eigenvalue weighted by Gasteiger charge is 2.40. The Labute approximate surface area is 195 Å². The smallest absolute Gasteiger partial charge is 0.374 e. The van der Waals surface area contributed by atoms with Crippen molar-refractivity contribution < 1.29 is 36.1 Å². The highest BCUT2D eigenvalue weighted by molar-refractivity contribution is 6.61. The van der Waals surface area contributed by atoms with Gasteiger partial charge in [0.15, 0.2) is 0 Å². The Bertz CT molecular complexity index is 450. The first-order valence-electron chi connectivity index (χ1n) is 11.4. The number of hydrogen-bond acceptors (Lipinski definition) is 10. The Morgan fingerprint density at radius 1 is 0.531 bits per heavy atom. The average Bonchev–Trinajstić information content (AvgIpc) is 2.76. The second-order valence-electron chi connectivity index (χ2n) is 6.12. The van der Waals surface area contributed by atoms with Crippen LogP contribution in [0.25, 0.3) is 0 Å². The first-order chi connectivity index (χ1) is 15.5. The molecule has 0 amide bonds. The van der Waals surface area contributed by atoms with Crippen molar-refractivity contribution in [2.75, 3.05) is 52.7 Å². The van der Waals surface area contributed by atoms with Gasteiger partial charge in [-0.1, -0.05) is 0 Å². The van der Waals surface area contributed by atoms with Crippen molar-refractivity contribution in [3.63, 3.8) is 0 Å². The van der Waals surface area contributed by atoms with Crippen LogP contribution in [0.5, 0.6) is 0 Å². The maximum Gasteiger partial charge on any atom is 0.500 e. The zero-order chi connectivity index (χ0) is 24.6. The fourth-order valence-electron chi connectivity index (χ4n) is 2.84. The molecule has 0 N–H and O–H groups in total. The van der Waals surface area contributed by atoms with Crippen LogP contribution in [-0.4, -0.2) is 82.5 Å². The van der Waals surface area contributed by atoms with Crippen LogP contribution in [0.1, 0.15) is 54.4 Å². The van der Waals surface area contributed by atoms with E-state index in [1.807, 2.05) is 41.5 Å². The standard InChI is InChI=1S/2C10H21NO4Si/c2*1-4-13-16(14-5-2,15-6-3)9-7-8-11-10-12/h2*4-9H2,1-3H3. The lowest BCUT2D eigenvalue weighted by molar-refractivity contribution is 0.0702. The molecule has 0 radical (unpaired) electrons. The summed E-state index contributed by atoms with van der Waals surface area (Å²) >= 11 is 0. The summed E-state index contributed by atoms with van der Waals surface area (Å²) in [4.78, 5) is 26.9. The highest BCUT2D eigenvalue weighted by Crippen LogP contribution is 2.19. The van der Waals surface area contributed by atoms with Gasteiger partial charge in [-0.05, 0) is 54.4 Å². The topological polar surface area (TPSA) is 114 Å². The van der Waals surface area contributed by atoms with Crippen LogP contribution in [0.4, 0.5) is 0 Å². The highest BCUT2D eigenvalue weighted by atomic mass is 28.4. The largest absolute Gasteiger partial charge is 0.500 e. The molecule has 188 valence electrons. The maximum atomic E-state index is 9.93. The van der Waals surface area contributed by atoms with Crippen LogP contribution in [-0.2, 0) is 36.1 Å². The lowest BCUT2D eigenvalue weighted by Gasteiger charge is -2.28. The molecule has 0 heterocycles. The van der Waals surface area contributed by atoms with E-state index in [1.165, 1.54) is 12.2 Å². The molecule has 0 aliphatic carbocycles. The summed E-state index contributed by atoms with van der Waals surface area (Å²) in [5.74, 6) is 0. The predicted octanol–water partition coefficient (Wildman–Crippen LogP) is 3.52. The summed E-state index contributed by atoms with van der Waals surface area (Å²) in [6.07, 6.45) is 4.48. The van der Waals surface area contributed by atoms with Crippen molar-refractivity contribution in [1.29, 1.82) is 0 Å². The maximum absolute atomic E-state index is 9.93. The molecule has 0 atom stereocenters. The number of carbonyl (C=O) groups excluding carboxylic acids is 2. The van der Waals surface area contributed by atoms with Crippen molar-refractivity contribution in [1.82, 2.24) is 0 Å². The van der Waals surface area contributed by atoms with E-state index in [9.17, 15) is 9.59 Å². The third kappa shape index (κ3) is 16.6. The first kappa shape index (κ1) is 33.1. The predicted molar refractivity (Wildman–Crippen MR) is 126 cm³/mol. The van der Waals surface area contributed by atoms with Crippen molar-refractivity contribution in [2.45, 2.75) is 66.5 Å². The molecular weight excluding hydrogens is 452 g/mol. The summed E-state index contributed by atoms with van der Waals surface area (Å²) in [5.41, 5.74) is 0. The van der Waals surface area contributed by atoms with Gasteiger partial charge in [0.25, 0.3) is 0 Å². The number of rotatable bonds is 20. The molecule has 0 aromatic heterocycles. The molecule has 0 saturated heterocycles. The van der Waals surface area contributed by atoms with Crippen molar-refractivity contribution >= 4 is 29.8 Å². The molecule has 0 rings (SSSR count). The van der Waals surface area contributed by atoms with Crippen LogP contribution in [0.3, 0.4) is 0 Å². The van der Waals surface area contributed by atoms with E-state index in [4.69, 9.17) is 26.6 Å². The third-order valence-electron chi connectivity index (χ3n) is 3.82. The summed E-state index contributed by atoms with van der Waals surface area (Å²) in [7, 11) is -5.07. The van der Waals surface area contributed by atoms with Gasteiger partial charge in [0.2, 0.25) is 12.2 Å². The second-order valence-corrected chi connectivity index (χ2v) is 11.6. The van der Waals surface area contributed by atoms with E-state index in [0.717, 1.165) is 12.8 Å².